The molecule has 0 aromatic rings. The number of carbonyl (C=O) groups excluding carboxylic acids is 2. The summed E-state index contributed by atoms with van der Waals surface area (Å²) in [5, 5.41) is 0. The van der Waals surface area contributed by atoms with Crippen LogP contribution in [0.4, 0.5) is 0 Å². The Balaban J connectivity index is 1.47. The molecule has 32 heavy (non-hydrogen) atoms. The first-order valence-corrected chi connectivity index (χ1v) is 12.8. The molecule has 0 aromatic carbocycles. The summed E-state index contributed by atoms with van der Waals surface area (Å²) in [7, 11) is 0. The van der Waals surface area contributed by atoms with Crippen LogP contribution in [0.15, 0.2) is 0 Å². The van der Waals surface area contributed by atoms with Crippen molar-refractivity contribution in [1.82, 2.24) is 0 Å². The maximum Gasteiger partial charge on any atom is 0.312 e. The fourth-order valence-corrected chi connectivity index (χ4v) is 7.68. The predicted molar refractivity (Wildman–Crippen MR) is 126 cm³/mol. The van der Waals surface area contributed by atoms with Crippen LogP contribution < -0.4 is 0 Å². The van der Waals surface area contributed by atoms with Gasteiger partial charge in [-0.15, -0.1) is 0 Å². The van der Waals surface area contributed by atoms with Gasteiger partial charge in [0.1, 0.15) is 12.2 Å². The van der Waals surface area contributed by atoms with Gasteiger partial charge in [-0.1, -0.05) is 41.5 Å². The van der Waals surface area contributed by atoms with Gasteiger partial charge >= 0.3 is 11.9 Å². The van der Waals surface area contributed by atoms with Crippen molar-refractivity contribution < 1.29 is 19.1 Å². The van der Waals surface area contributed by atoms with Crippen molar-refractivity contribution >= 4 is 11.9 Å². The van der Waals surface area contributed by atoms with Crippen molar-refractivity contribution in [1.29, 1.82) is 0 Å². The number of carbonyl (C=O) groups is 2. The largest absolute Gasteiger partial charge is 0.461 e. The zero-order valence-corrected chi connectivity index (χ0v) is 22.2. The average Bonchev–Trinajstić information content (AvgIpc) is 3.19. The summed E-state index contributed by atoms with van der Waals surface area (Å²) in [6.45, 7) is 21.3. The summed E-state index contributed by atoms with van der Waals surface area (Å²) in [4.78, 5) is 27.0. The number of fused-ring (bicyclic) bond motifs is 4. The Labute approximate surface area is 195 Å². The first-order chi connectivity index (χ1) is 14.4. The van der Waals surface area contributed by atoms with Gasteiger partial charge < -0.3 is 9.47 Å². The Kier molecular flexibility index (Phi) is 5.08. The monoisotopic (exact) mass is 446 g/mol. The van der Waals surface area contributed by atoms with Crippen molar-refractivity contribution in [3.8, 4) is 0 Å². The predicted octanol–water partition coefficient (Wildman–Crippen LogP) is 6.55. The summed E-state index contributed by atoms with van der Waals surface area (Å²) >= 11 is 0. The SMILES string of the molecule is CC(C)(C(=O)OC1C[C@H]2CC[C@]1(C)C2(C)C)C(C)(C)C(=O)O[C@@H]1C[C@H]2CC[C@]1(C)C2(C)C. The molecular weight excluding hydrogens is 400 g/mol. The molecule has 6 atom stereocenters. The normalized spacial score (nSPS) is 41.7. The van der Waals surface area contributed by atoms with Crippen LogP contribution in [0.25, 0.3) is 0 Å². The van der Waals surface area contributed by atoms with E-state index in [1.54, 1.807) is 0 Å². The molecule has 4 heteroatoms. The molecule has 4 bridgehead atoms. The highest BCUT2D eigenvalue weighted by atomic mass is 16.6. The number of esters is 2. The first kappa shape index (κ1) is 24.1. The second kappa shape index (κ2) is 6.75. The van der Waals surface area contributed by atoms with Crippen LogP contribution in [0.1, 0.15) is 108 Å². The van der Waals surface area contributed by atoms with Crippen LogP contribution in [0.5, 0.6) is 0 Å². The lowest BCUT2D eigenvalue weighted by Gasteiger charge is -2.43. The van der Waals surface area contributed by atoms with Gasteiger partial charge in [-0.3, -0.25) is 9.59 Å². The van der Waals surface area contributed by atoms with E-state index in [4.69, 9.17) is 9.47 Å². The number of rotatable bonds is 5. The third-order valence-corrected chi connectivity index (χ3v) is 12.5. The van der Waals surface area contributed by atoms with Crippen LogP contribution in [0, 0.1) is 44.3 Å². The van der Waals surface area contributed by atoms with Gasteiger partial charge in [0.2, 0.25) is 0 Å². The molecule has 0 N–H and O–H groups in total. The van der Waals surface area contributed by atoms with Crippen LogP contribution in [-0.4, -0.2) is 24.1 Å². The smallest absolute Gasteiger partial charge is 0.312 e. The summed E-state index contributed by atoms with van der Waals surface area (Å²) < 4.78 is 12.4. The highest BCUT2D eigenvalue weighted by Crippen LogP contribution is 2.67. The molecule has 4 nitrogen and oxygen atoms in total. The minimum atomic E-state index is -0.972. The van der Waals surface area contributed by atoms with Crippen LogP contribution in [-0.2, 0) is 19.1 Å². The van der Waals surface area contributed by atoms with E-state index < -0.39 is 10.8 Å². The molecule has 0 radical (unpaired) electrons. The fraction of sp³-hybridized carbons (Fsp3) is 0.929. The van der Waals surface area contributed by atoms with Gasteiger partial charge in [-0.05, 0) is 88.9 Å². The van der Waals surface area contributed by atoms with Gasteiger partial charge in [0.05, 0.1) is 10.8 Å². The van der Waals surface area contributed by atoms with Crippen LogP contribution in [0.3, 0.4) is 0 Å². The molecule has 1 unspecified atom stereocenters. The molecule has 4 saturated carbocycles. The van der Waals surface area contributed by atoms with Crippen molar-refractivity contribution in [3.63, 3.8) is 0 Å². The Bertz CT molecular complexity index is 753. The van der Waals surface area contributed by atoms with Crippen LogP contribution >= 0.6 is 0 Å². The summed E-state index contributed by atoms with van der Waals surface area (Å²) in [5.41, 5.74) is -1.56. The number of hydrogen-bond donors (Lipinski definition) is 0. The van der Waals surface area contributed by atoms with Crippen molar-refractivity contribution in [3.05, 3.63) is 0 Å². The second-order valence-corrected chi connectivity index (χ2v) is 14.3. The molecular formula is C28H46O4. The highest BCUT2D eigenvalue weighted by molar-refractivity contribution is 5.87. The molecule has 4 rings (SSSR count). The maximum atomic E-state index is 13.5. The van der Waals surface area contributed by atoms with Crippen LogP contribution in [0.2, 0.25) is 0 Å². The Morgan fingerprint density at radius 2 is 0.969 bits per heavy atom. The molecule has 0 saturated heterocycles. The van der Waals surface area contributed by atoms with E-state index in [0.717, 1.165) is 25.7 Å². The Morgan fingerprint density at radius 3 is 1.19 bits per heavy atom. The standard InChI is InChI=1S/C28H46O4/c1-23(2)17-11-13-27(23,9)19(15-17)31-21(29)25(5,6)26(7,8)22(30)32-20-16-18-12-14-28(20,10)24(18,3)4/h17-20H,11-16H2,1-10H3/t17-,18-,19-,20?,27+,28+/m1/s1. The summed E-state index contributed by atoms with van der Waals surface area (Å²) in [5.74, 6) is 0.670. The fourth-order valence-electron chi connectivity index (χ4n) is 7.68. The zero-order chi connectivity index (χ0) is 24.1. The molecule has 4 aliphatic rings. The molecule has 0 heterocycles. The Morgan fingerprint density at radius 1 is 0.656 bits per heavy atom. The number of ether oxygens (including phenoxy) is 2. The molecule has 0 aromatic heterocycles. The quantitative estimate of drug-likeness (QED) is 0.449. The van der Waals surface area contributed by atoms with E-state index in [9.17, 15) is 9.59 Å². The van der Waals surface area contributed by atoms with Crippen molar-refractivity contribution in [2.24, 2.45) is 44.3 Å². The van der Waals surface area contributed by atoms with Gasteiger partial charge in [0.15, 0.2) is 0 Å². The minimum absolute atomic E-state index is 0.0112. The second-order valence-electron chi connectivity index (χ2n) is 14.3. The average molecular weight is 447 g/mol. The van der Waals surface area contributed by atoms with E-state index >= 15 is 0 Å². The van der Waals surface area contributed by atoms with E-state index in [1.807, 2.05) is 27.7 Å². The van der Waals surface area contributed by atoms with Gasteiger partial charge in [-0.2, -0.15) is 0 Å². The van der Waals surface area contributed by atoms with Gasteiger partial charge in [0, 0.05) is 10.8 Å². The van der Waals surface area contributed by atoms with Gasteiger partial charge in [0.25, 0.3) is 0 Å². The molecule has 4 fully saturated rings. The highest BCUT2D eigenvalue weighted by Gasteiger charge is 2.65. The van der Waals surface area contributed by atoms with Crippen molar-refractivity contribution in [2.45, 2.75) is 120 Å². The maximum absolute atomic E-state index is 13.5. The van der Waals surface area contributed by atoms with Crippen molar-refractivity contribution in [2.75, 3.05) is 0 Å². The molecule has 0 aliphatic heterocycles. The van der Waals surface area contributed by atoms with E-state index in [2.05, 4.69) is 41.5 Å². The lowest BCUT2D eigenvalue weighted by molar-refractivity contribution is -0.189. The molecule has 0 spiro atoms. The van der Waals surface area contributed by atoms with Gasteiger partial charge in [-0.25, -0.2) is 0 Å². The molecule has 4 aliphatic carbocycles. The lowest BCUT2D eigenvalue weighted by Crippen LogP contribution is -2.50. The summed E-state index contributed by atoms with van der Waals surface area (Å²) in [6.07, 6.45) is 6.38. The number of hydrogen-bond acceptors (Lipinski definition) is 4. The van der Waals surface area contributed by atoms with E-state index in [-0.39, 0.29) is 45.8 Å². The molecule has 0 amide bonds. The topological polar surface area (TPSA) is 52.6 Å². The van der Waals surface area contributed by atoms with E-state index in [0.29, 0.717) is 11.8 Å². The minimum Gasteiger partial charge on any atom is -0.461 e. The Hall–Kier alpha value is -1.06. The van der Waals surface area contributed by atoms with E-state index in [1.165, 1.54) is 12.8 Å². The third kappa shape index (κ3) is 2.79. The third-order valence-electron chi connectivity index (χ3n) is 12.5. The zero-order valence-electron chi connectivity index (χ0n) is 22.2. The first-order valence-electron chi connectivity index (χ1n) is 12.8. The molecule has 182 valence electrons. The lowest BCUT2D eigenvalue weighted by atomic mass is 9.67. The summed E-state index contributed by atoms with van der Waals surface area (Å²) in [6, 6.07) is 0.